The van der Waals surface area contributed by atoms with Crippen LogP contribution in [-0.4, -0.2) is 71.4 Å². The second-order valence-corrected chi connectivity index (χ2v) is 14.9. The molecule has 3 atom stereocenters. The molecular weight excluding hydrogens is 546 g/mol. The first-order valence-electron chi connectivity index (χ1n) is 17.2. The van der Waals surface area contributed by atoms with Crippen molar-refractivity contribution in [2.24, 2.45) is 5.92 Å². The number of benzene rings is 1. The van der Waals surface area contributed by atoms with Gasteiger partial charge < -0.3 is 19.1 Å². The van der Waals surface area contributed by atoms with Crippen molar-refractivity contribution in [1.82, 2.24) is 15.3 Å². The van der Waals surface area contributed by atoms with Crippen molar-refractivity contribution >= 4 is 17.7 Å². The number of ether oxygens (including phenoxy) is 3. The summed E-state index contributed by atoms with van der Waals surface area (Å²) in [4.78, 5) is 16.1. The number of hydrogen-bond donors (Lipinski definition) is 1. The van der Waals surface area contributed by atoms with Crippen LogP contribution in [-0.2, 0) is 4.79 Å². The minimum Gasteiger partial charge on any atom is -0.484 e. The van der Waals surface area contributed by atoms with Crippen LogP contribution in [0.15, 0.2) is 18.2 Å². The van der Waals surface area contributed by atoms with E-state index in [1.807, 2.05) is 18.2 Å². The number of rotatable bonds is 8. The summed E-state index contributed by atoms with van der Waals surface area (Å²) >= 11 is 2.21. The second-order valence-electron chi connectivity index (χ2n) is 13.3. The molecule has 1 N–H and O–H groups in total. The fourth-order valence-corrected chi connectivity index (χ4v) is 9.71. The lowest BCUT2D eigenvalue weighted by Crippen LogP contribution is -2.48. The maximum absolute atomic E-state index is 13.9. The molecular formula is C34H53N3O4S. The van der Waals surface area contributed by atoms with Crippen LogP contribution in [0.3, 0.4) is 0 Å². The normalized spacial score (nSPS) is 28.4. The summed E-state index contributed by atoms with van der Waals surface area (Å²) in [6, 6.07) is 6.34. The van der Waals surface area contributed by atoms with E-state index in [4.69, 9.17) is 14.2 Å². The van der Waals surface area contributed by atoms with Crippen molar-refractivity contribution < 1.29 is 19.0 Å². The molecule has 1 aromatic rings. The van der Waals surface area contributed by atoms with E-state index in [1.54, 1.807) is 0 Å². The van der Waals surface area contributed by atoms with Gasteiger partial charge >= 0.3 is 0 Å². The molecule has 3 aliphatic heterocycles. The van der Waals surface area contributed by atoms with Gasteiger partial charge in [-0.3, -0.25) is 10.2 Å². The van der Waals surface area contributed by atoms with E-state index < -0.39 is 0 Å². The van der Waals surface area contributed by atoms with Crippen LogP contribution in [0.1, 0.15) is 109 Å². The molecule has 5 aliphatic rings. The molecule has 234 valence electrons. The fourth-order valence-electron chi connectivity index (χ4n) is 7.93. The van der Waals surface area contributed by atoms with Crippen LogP contribution in [0.25, 0.3) is 0 Å². The third-order valence-corrected chi connectivity index (χ3v) is 12.1. The van der Waals surface area contributed by atoms with Gasteiger partial charge in [-0.15, -0.1) is 0 Å². The molecule has 1 aromatic carbocycles. The summed E-state index contributed by atoms with van der Waals surface area (Å²) in [5, 5.41) is 3.77. The number of amides is 1. The Balaban J connectivity index is 1.09. The maximum atomic E-state index is 13.9. The summed E-state index contributed by atoms with van der Waals surface area (Å²) in [5.41, 5.74) is 3.73. The molecule has 6 rings (SSSR count). The molecule has 0 spiro atoms. The Morgan fingerprint density at radius 1 is 0.881 bits per heavy atom. The Labute approximate surface area is 257 Å². The van der Waals surface area contributed by atoms with E-state index in [0.29, 0.717) is 22.8 Å². The van der Waals surface area contributed by atoms with Gasteiger partial charge in [-0.25, -0.2) is 5.01 Å². The van der Waals surface area contributed by atoms with Gasteiger partial charge in [-0.2, -0.15) is 11.8 Å². The predicted molar refractivity (Wildman–Crippen MR) is 169 cm³/mol. The first-order valence-corrected chi connectivity index (χ1v) is 18.1. The van der Waals surface area contributed by atoms with Crippen molar-refractivity contribution in [1.29, 1.82) is 0 Å². The molecule has 3 heterocycles. The largest absolute Gasteiger partial charge is 0.484 e. The molecule has 8 heteroatoms. The number of carbonyl (C=O) groups excluding carboxylic acids is 1. The molecule has 3 unspecified atom stereocenters. The van der Waals surface area contributed by atoms with Crippen LogP contribution in [0, 0.1) is 5.92 Å². The molecule has 2 saturated carbocycles. The maximum Gasteiger partial charge on any atom is 0.260 e. The van der Waals surface area contributed by atoms with Crippen LogP contribution >= 0.6 is 11.8 Å². The average Bonchev–Trinajstić information content (AvgIpc) is 3.76. The van der Waals surface area contributed by atoms with Crippen LogP contribution < -0.4 is 19.6 Å². The van der Waals surface area contributed by atoms with E-state index in [-0.39, 0.29) is 25.3 Å². The zero-order valence-corrected chi connectivity index (χ0v) is 26.4. The van der Waals surface area contributed by atoms with E-state index in [2.05, 4.69) is 27.1 Å². The lowest BCUT2D eigenvalue weighted by Gasteiger charge is -2.33. The summed E-state index contributed by atoms with van der Waals surface area (Å²) in [5.74, 6) is 3.04. The quantitative estimate of drug-likeness (QED) is 0.347. The number of hydrogen-bond acceptors (Lipinski definition) is 7. The molecule has 0 radical (unpaired) electrons. The smallest absolute Gasteiger partial charge is 0.260 e. The number of thioether (sulfide) groups is 1. The topological polar surface area (TPSA) is 63.3 Å². The molecule has 2 aliphatic carbocycles. The summed E-state index contributed by atoms with van der Waals surface area (Å²) < 4.78 is 17.0. The minimum atomic E-state index is 0.0585. The Kier molecular flexibility index (Phi) is 11.1. The highest BCUT2D eigenvalue weighted by atomic mass is 32.2. The highest BCUT2D eigenvalue weighted by Crippen LogP contribution is 2.43. The van der Waals surface area contributed by atoms with Gasteiger partial charge in [0.1, 0.15) is 5.75 Å². The third kappa shape index (κ3) is 8.09. The highest BCUT2D eigenvalue weighted by molar-refractivity contribution is 8.00. The third-order valence-electron chi connectivity index (χ3n) is 10.4. The van der Waals surface area contributed by atoms with E-state index in [9.17, 15) is 4.79 Å². The first kappa shape index (κ1) is 30.4. The molecule has 0 aromatic heterocycles. The zero-order chi connectivity index (χ0) is 28.6. The molecule has 0 bridgehead atoms. The van der Waals surface area contributed by atoms with Crippen LogP contribution in [0.2, 0.25) is 0 Å². The van der Waals surface area contributed by atoms with Gasteiger partial charge in [-0.1, -0.05) is 70.6 Å². The van der Waals surface area contributed by atoms with Gasteiger partial charge in [0.05, 0.1) is 6.04 Å². The van der Waals surface area contributed by atoms with Crippen molar-refractivity contribution in [3.63, 3.8) is 0 Å². The standard InChI is InChI=1S/C34H53N3O4S/c38-34(24-39-29-16-18-31-32(20-29)41-25-40-31)36(28-21-35-37(22-28)27-14-10-6-3-7-11-15-27)23-30-17-19-33(42-30)26-12-8-4-1-2-5-9-13-26/h16,18,20,26-28,30,33,35H,1-15,17,19,21-25H2. The van der Waals surface area contributed by atoms with E-state index in [0.717, 1.165) is 36.6 Å². The van der Waals surface area contributed by atoms with Crippen molar-refractivity contribution in [2.75, 3.05) is 33.0 Å². The molecule has 7 nitrogen and oxygen atoms in total. The summed E-state index contributed by atoms with van der Waals surface area (Å²) in [6.45, 7) is 2.89. The van der Waals surface area contributed by atoms with E-state index >= 15 is 0 Å². The van der Waals surface area contributed by atoms with Gasteiger partial charge in [0.15, 0.2) is 18.1 Å². The van der Waals surface area contributed by atoms with Gasteiger partial charge in [0.2, 0.25) is 6.79 Å². The Hall–Kier alpha value is -1.64. The highest BCUT2D eigenvalue weighted by Gasteiger charge is 2.38. The van der Waals surface area contributed by atoms with Crippen molar-refractivity contribution in [3.8, 4) is 17.2 Å². The monoisotopic (exact) mass is 599 g/mol. The van der Waals surface area contributed by atoms with Gasteiger partial charge in [0.25, 0.3) is 5.91 Å². The Morgan fingerprint density at radius 3 is 2.33 bits per heavy atom. The van der Waals surface area contributed by atoms with E-state index in [1.165, 1.54) is 109 Å². The second kappa shape index (κ2) is 15.4. The van der Waals surface area contributed by atoms with Crippen LogP contribution in [0.5, 0.6) is 17.2 Å². The fraction of sp³-hybridized carbons (Fsp3) is 0.794. The number of carbonyl (C=O) groups is 1. The minimum absolute atomic E-state index is 0.0585. The molecule has 1 amide bonds. The summed E-state index contributed by atoms with van der Waals surface area (Å²) in [7, 11) is 0. The Morgan fingerprint density at radius 2 is 1.57 bits per heavy atom. The molecule has 42 heavy (non-hydrogen) atoms. The van der Waals surface area contributed by atoms with Gasteiger partial charge in [-0.05, 0) is 56.6 Å². The number of nitrogens with one attached hydrogen (secondary N) is 1. The van der Waals surface area contributed by atoms with Crippen molar-refractivity contribution in [2.45, 2.75) is 132 Å². The molecule has 2 saturated heterocycles. The molecule has 4 fully saturated rings. The zero-order valence-electron chi connectivity index (χ0n) is 25.6. The number of nitrogens with zero attached hydrogens (tertiary/aromatic N) is 2. The SMILES string of the molecule is O=C(COc1ccc2c(c1)OCO2)N(CC1CCC(C2CCCCCCCC2)S1)C1CNN(C2CCCCCCC2)C1. The van der Waals surface area contributed by atoms with Gasteiger partial charge in [0, 0.05) is 42.2 Å². The van der Waals surface area contributed by atoms with Crippen molar-refractivity contribution in [3.05, 3.63) is 18.2 Å². The summed E-state index contributed by atoms with van der Waals surface area (Å²) in [6.07, 6.45) is 23.1. The number of hydrazine groups is 1. The average molecular weight is 600 g/mol. The Bertz CT molecular complexity index is 993. The lowest BCUT2D eigenvalue weighted by molar-refractivity contribution is -0.135. The first-order chi connectivity index (χ1) is 20.7. The predicted octanol–water partition coefficient (Wildman–Crippen LogP) is 6.94. The van der Waals surface area contributed by atoms with Crippen LogP contribution in [0.4, 0.5) is 0 Å². The lowest BCUT2D eigenvalue weighted by atomic mass is 9.91. The number of fused-ring (bicyclic) bond motifs is 1.